The van der Waals surface area contributed by atoms with Crippen molar-refractivity contribution >= 4 is 23.7 Å². The fraction of sp³-hybridized carbons (Fsp3) is 0.160. The fourth-order valence-electron chi connectivity index (χ4n) is 2.81. The van der Waals surface area contributed by atoms with E-state index < -0.39 is 11.8 Å². The number of hydrogen-bond donors (Lipinski definition) is 2. The first-order valence-corrected chi connectivity index (χ1v) is 9.91. The summed E-state index contributed by atoms with van der Waals surface area (Å²) in [5.41, 5.74) is 8.02. The molecule has 3 rings (SSSR count). The van der Waals surface area contributed by atoms with Crippen LogP contribution in [0, 0.1) is 20.8 Å². The smallest absolute Gasteiger partial charge is 0.329 e. The SMILES string of the molecule is Cc1ccc(NC(=O)C(=O)N/N=C/c2ccc(OCc3ccccc3C)cc2)cc1C. The number of ether oxygens (including phenoxy) is 1. The molecule has 0 unspecified atom stereocenters. The van der Waals surface area contributed by atoms with Crippen LogP contribution in [0.3, 0.4) is 0 Å². The van der Waals surface area contributed by atoms with E-state index in [1.807, 2.05) is 68.4 Å². The molecule has 0 saturated heterocycles. The summed E-state index contributed by atoms with van der Waals surface area (Å²) in [6, 6.07) is 20.8. The minimum absolute atomic E-state index is 0.492. The number of carbonyl (C=O) groups is 2. The van der Waals surface area contributed by atoms with Crippen molar-refractivity contribution in [2.24, 2.45) is 5.10 Å². The number of hydrazone groups is 1. The van der Waals surface area contributed by atoms with Gasteiger partial charge in [-0.1, -0.05) is 30.3 Å². The van der Waals surface area contributed by atoms with Crippen LogP contribution in [0.25, 0.3) is 0 Å². The third-order valence-electron chi connectivity index (χ3n) is 4.89. The van der Waals surface area contributed by atoms with Crippen LogP contribution in [0.2, 0.25) is 0 Å². The van der Waals surface area contributed by atoms with Crippen LogP contribution in [0.1, 0.15) is 27.8 Å². The van der Waals surface area contributed by atoms with Gasteiger partial charge in [0.1, 0.15) is 12.4 Å². The van der Waals surface area contributed by atoms with Crippen LogP contribution in [-0.4, -0.2) is 18.0 Å². The monoisotopic (exact) mass is 415 g/mol. The number of nitrogens with zero attached hydrogens (tertiary/aromatic N) is 1. The summed E-state index contributed by atoms with van der Waals surface area (Å²) in [6.45, 7) is 6.46. The van der Waals surface area contributed by atoms with Crippen LogP contribution in [0.15, 0.2) is 71.8 Å². The minimum atomic E-state index is -0.840. The average Bonchev–Trinajstić information content (AvgIpc) is 2.76. The Bertz CT molecular complexity index is 1110. The second kappa shape index (κ2) is 10.2. The van der Waals surface area contributed by atoms with Crippen molar-refractivity contribution in [3.63, 3.8) is 0 Å². The predicted octanol–water partition coefficient (Wildman–Crippen LogP) is 4.28. The van der Waals surface area contributed by atoms with E-state index in [-0.39, 0.29) is 0 Å². The van der Waals surface area contributed by atoms with E-state index in [9.17, 15) is 9.59 Å². The highest BCUT2D eigenvalue weighted by Gasteiger charge is 2.13. The average molecular weight is 415 g/mol. The van der Waals surface area contributed by atoms with E-state index >= 15 is 0 Å². The fourth-order valence-corrected chi connectivity index (χ4v) is 2.81. The van der Waals surface area contributed by atoms with Crippen LogP contribution in [0.5, 0.6) is 5.75 Å². The molecule has 6 heteroatoms. The molecule has 3 aromatic carbocycles. The van der Waals surface area contributed by atoms with Gasteiger partial charge in [0, 0.05) is 5.69 Å². The van der Waals surface area contributed by atoms with Gasteiger partial charge in [0.25, 0.3) is 0 Å². The molecule has 2 amide bonds. The van der Waals surface area contributed by atoms with Crippen LogP contribution in [-0.2, 0) is 16.2 Å². The van der Waals surface area contributed by atoms with E-state index in [2.05, 4.69) is 28.8 Å². The lowest BCUT2D eigenvalue weighted by molar-refractivity contribution is -0.136. The molecule has 0 atom stereocenters. The standard InChI is InChI=1S/C25H25N3O3/c1-17-8-11-22(14-19(17)3)27-24(29)25(30)28-26-15-20-9-12-23(13-10-20)31-16-21-7-5-4-6-18(21)2/h4-15H,16H2,1-3H3,(H,27,29)(H,28,30)/b26-15+. The molecule has 2 N–H and O–H groups in total. The van der Waals surface area contributed by atoms with Crippen molar-refractivity contribution in [3.8, 4) is 5.75 Å². The normalized spacial score (nSPS) is 10.7. The van der Waals surface area contributed by atoms with E-state index in [4.69, 9.17) is 4.74 Å². The Morgan fingerprint density at radius 3 is 2.32 bits per heavy atom. The van der Waals surface area contributed by atoms with Gasteiger partial charge in [0.2, 0.25) is 0 Å². The largest absolute Gasteiger partial charge is 0.489 e. The molecule has 6 nitrogen and oxygen atoms in total. The number of rotatable bonds is 6. The van der Waals surface area contributed by atoms with Gasteiger partial charge in [-0.05, 0) is 85.0 Å². The number of nitrogens with one attached hydrogen (secondary N) is 2. The molecule has 0 aliphatic rings. The van der Waals surface area contributed by atoms with Gasteiger partial charge in [-0.15, -0.1) is 0 Å². The number of amides is 2. The number of aryl methyl sites for hydroxylation is 3. The first-order chi connectivity index (χ1) is 14.9. The third-order valence-corrected chi connectivity index (χ3v) is 4.89. The summed E-state index contributed by atoms with van der Waals surface area (Å²) < 4.78 is 5.81. The minimum Gasteiger partial charge on any atom is -0.489 e. The van der Waals surface area contributed by atoms with Gasteiger partial charge >= 0.3 is 11.8 Å². The van der Waals surface area contributed by atoms with Crippen molar-refractivity contribution in [2.75, 3.05) is 5.32 Å². The highest BCUT2D eigenvalue weighted by molar-refractivity contribution is 6.39. The molecule has 0 spiro atoms. The lowest BCUT2D eigenvalue weighted by Gasteiger charge is -2.08. The molecule has 3 aromatic rings. The van der Waals surface area contributed by atoms with Crippen molar-refractivity contribution in [3.05, 3.63) is 94.5 Å². The summed E-state index contributed by atoms with van der Waals surface area (Å²) >= 11 is 0. The number of hydrogen-bond acceptors (Lipinski definition) is 4. The van der Waals surface area contributed by atoms with Gasteiger partial charge < -0.3 is 10.1 Å². The zero-order chi connectivity index (χ0) is 22.2. The maximum atomic E-state index is 12.0. The van der Waals surface area contributed by atoms with E-state index in [1.54, 1.807) is 6.07 Å². The Hall–Kier alpha value is -3.93. The first kappa shape index (κ1) is 21.8. The summed E-state index contributed by atoms with van der Waals surface area (Å²) in [5, 5.41) is 6.40. The number of carbonyl (C=O) groups excluding carboxylic acids is 2. The Kier molecular flexibility index (Phi) is 7.17. The highest BCUT2D eigenvalue weighted by Crippen LogP contribution is 2.16. The number of anilines is 1. The summed E-state index contributed by atoms with van der Waals surface area (Å²) in [6.07, 6.45) is 1.46. The Morgan fingerprint density at radius 2 is 1.61 bits per heavy atom. The van der Waals surface area contributed by atoms with Gasteiger partial charge in [-0.2, -0.15) is 5.10 Å². The van der Waals surface area contributed by atoms with E-state index in [0.717, 1.165) is 28.0 Å². The second-order valence-electron chi connectivity index (χ2n) is 7.24. The molecule has 31 heavy (non-hydrogen) atoms. The Morgan fingerprint density at radius 1 is 0.871 bits per heavy atom. The molecule has 0 saturated carbocycles. The zero-order valence-corrected chi connectivity index (χ0v) is 17.8. The molecular formula is C25H25N3O3. The summed E-state index contributed by atoms with van der Waals surface area (Å²) in [4.78, 5) is 23.9. The highest BCUT2D eigenvalue weighted by atomic mass is 16.5. The van der Waals surface area contributed by atoms with Gasteiger partial charge in [0.15, 0.2) is 0 Å². The molecule has 0 aromatic heterocycles. The van der Waals surface area contributed by atoms with Crippen molar-refractivity contribution in [2.45, 2.75) is 27.4 Å². The molecular weight excluding hydrogens is 390 g/mol. The van der Waals surface area contributed by atoms with E-state index in [0.29, 0.717) is 12.3 Å². The van der Waals surface area contributed by atoms with Gasteiger partial charge in [-0.25, -0.2) is 5.43 Å². The summed E-state index contributed by atoms with van der Waals surface area (Å²) in [7, 11) is 0. The van der Waals surface area contributed by atoms with Crippen molar-refractivity contribution < 1.29 is 14.3 Å². The Labute approximate surface area is 182 Å². The quantitative estimate of drug-likeness (QED) is 0.358. The maximum Gasteiger partial charge on any atom is 0.329 e. The molecule has 0 heterocycles. The molecule has 158 valence electrons. The molecule has 0 aliphatic carbocycles. The Balaban J connectivity index is 1.48. The zero-order valence-electron chi connectivity index (χ0n) is 17.8. The lowest BCUT2D eigenvalue weighted by atomic mass is 10.1. The predicted molar refractivity (Wildman–Crippen MR) is 122 cm³/mol. The molecule has 0 radical (unpaired) electrons. The van der Waals surface area contributed by atoms with Gasteiger partial charge in [0.05, 0.1) is 6.21 Å². The van der Waals surface area contributed by atoms with E-state index in [1.165, 1.54) is 11.8 Å². The molecule has 0 fully saturated rings. The molecule has 0 bridgehead atoms. The van der Waals surface area contributed by atoms with Gasteiger partial charge in [-0.3, -0.25) is 9.59 Å². The van der Waals surface area contributed by atoms with Crippen molar-refractivity contribution in [1.29, 1.82) is 0 Å². The maximum absolute atomic E-state index is 12.0. The number of benzene rings is 3. The van der Waals surface area contributed by atoms with Crippen LogP contribution >= 0.6 is 0 Å². The third kappa shape index (κ3) is 6.27. The summed E-state index contributed by atoms with van der Waals surface area (Å²) in [5.74, 6) is -0.884. The topological polar surface area (TPSA) is 79.8 Å². The van der Waals surface area contributed by atoms with Crippen LogP contribution in [0.4, 0.5) is 5.69 Å². The second-order valence-corrected chi connectivity index (χ2v) is 7.24. The van der Waals surface area contributed by atoms with Crippen LogP contribution < -0.4 is 15.5 Å². The first-order valence-electron chi connectivity index (χ1n) is 9.91. The molecule has 0 aliphatic heterocycles. The van der Waals surface area contributed by atoms with Crippen molar-refractivity contribution in [1.82, 2.24) is 5.43 Å². The lowest BCUT2D eigenvalue weighted by Crippen LogP contribution is -2.32.